The lowest BCUT2D eigenvalue weighted by molar-refractivity contribution is 0.587. The average Bonchev–Trinajstić information content (AvgIpc) is 3.16. The largest absolute Gasteiger partial charge is 0.446 e. The van der Waals surface area contributed by atoms with Crippen molar-refractivity contribution in [3.8, 4) is 11.8 Å². The van der Waals surface area contributed by atoms with Crippen LogP contribution in [0.4, 0.5) is 0 Å². The first kappa shape index (κ1) is 16.3. The topological polar surface area (TPSA) is 49.0 Å². The van der Waals surface area contributed by atoms with Crippen LogP contribution in [0, 0.1) is 11.3 Å². The third-order valence-electron chi connectivity index (χ3n) is 5.04. The Balaban J connectivity index is 1.82. The van der Waals surface area contributed by atoms with Crippen LogP contribution < -0.4 is 5.46 Å². The molecule has 5 heteroatoms. The highest BCUT2D eigenvalue weighted by atomic mass is 35.5. The third kappa shape index (κ3) is 2.95. The molecule has 0 spiro atoms. The van der Waals surface area contributed by atoms with Gasteiger partial charge in [-0.15, -0.1) is 0 Å². The highest BCUT2D eigenvalue weighted by Crippen LogP contribution is 2.29. The van der Waals surface area contributed by atoms with E-state index >= 15 is 0 Å². The minimum absolute atomic E-state index is 0.360. The van der Waals surface area contributed by atoms with Crippen LogP contribution in [0.1, 0.15) is 24.0 Å². The number of rotatable bonds is 4. The molecule has 0 bridgehead atoms. The maximum Gasteiger partial charge on any atom is 0.324 e. The molecule has 124 valence electrons. The normalized spacial score (nSPS) is 13.2. The number of halogens is 1. The van der Waals surface area contributed by atoms with E-state index in [9.17, 15) is 5.02 Å². The van der Waals surface area contributed by atoms with E-state index in [-0.39, 0.29) is 6.92 Å². The predicted octanol–water partition coefficient (Wildman–Crippen LogP) is 3.88. The molecule has 1 N–H and O–H groups in total. The smallest absolute Gasteiger partial charge is 0.324 e. The first-order valence-corrected chi connectivity index (χ1v) is 9.03. The van der Waals surface area contributed by atoms with Gasteiger partial charge in [0.2, 0.25) is 0 Å². The van der Waals surface area contributed by atoms with Gasteiger partial charge in [0, 0.05) is 28.7 Å². The molecule has 25 heavy (non-hydrogen) atoms. The monoisotopic (exact) mass is 348 g/mol. The summed E-state index contributed by atoms with van der Waals surface area (Å²) in [5, 5.41) is 20.8. The molecule has 0 atom stereocenters. The lowest BCUT2D eigenvalue weighted by Crippen LogP contribution is -2.26. The maximum atomic E-state index is 10.2. The molecule has 1 aliphatic heterocycles. The van der Waals surface area contributed by atoms with Crippen molar-refractivity contribution in [2.24, 2.45) is 0 Å². The third-order valence-corrected chi connectivity index (χ3v) is 5.27. The highest BCUT2D eigenvalue weighted by Gasteiger charge is 2.25. The zero-order valence-electron chi connectivity index (χ0n) is 13.9. The molecule has 2 aromatic carbocycles. The molecular weight excluding hydrogens is 330 g/mol. The molecule has 0 amide bonds. The molecule has 3 aromatic rings. The van der Waals surface area contributed by atoms with Crippen LogP contribution in [0.5, 0.6) is 0 Å². The Hall–Kier alpha value is -2.22. The summed E-state index contributed by atoms with van der Waals surface area (Å²) in [6.45, 7) is -0.360. The van der Waals surface area contributed by atoms with E-state index in [1.54, 1.807) is 0 Å². The summed E-state index contributed by atoms with van der Waals surface area (Å²) in [4.78, 5) is 0. The first-order chi connectivity index (χ1) is 12.2. The van der Waals surface area contributed by atoms with Crippen molar-refractivity contribution in [1.82, 2.24) is 4.57 Å². The highest BCUT2D eigenvalue weighted by molar-refractivity contribution is 6.68. The summed E-state index contributed by atoms with van der Waals surface area (Å²) in [5.41, 5.74) is 5.64. The Morgan fingerprint density at radius 1 is 1.24 bits per heavy atom. The number of aryl methyl sites for hydroxylation is 2. The van der Waals surface area contributed by atoms with E-state index in [0.29, 0.717) is 6.42 Å². The summed E-state index contributed by atoms with van der Waals surface area (Å²) < 4.78 is 2.17. The first-order valence-electron chi connectivity index (χ1n) is 8.65. The zero-order valence-corrected chi connectivity index (χ0v) is 14.6. The molecule has 1 aromatic heterocycles. The van der Waals surface area contributed by atoms with Gasteiger partial charge < -0.3 is 9.59 Å². The van der Waals surface area contributed by atoms with Crippen molar-refractivity contribution < 1.29 is 5.02 Å². The van der Waals surface area contributed by atoms with Crippen molar-refractivity contribution in [2.75, 3.05) is 0 Å². The van der Waals surface area contributed by atoms with Gasteiger partial charge in [0.05, 0.1) is 11.6 Å². The average molecular weight is 349 g/mol. The molecule has 4 rings (SSSR count). The fraction of sp³-hybridized carbons (Fsp3) is 0.250. The van der Waals surface area contributed by atoms with Gasteiger partial charge in [-0.25, -0.2) is 0 Å². The molecule has 2 heterocycles. The van der Waals surface area contributed by atoms with Gasteiger partial charge in [0.1, 0.15) is 0 Å². The van der Waals surface area contributed by atoms with Gasteiger partial charge in [0.25, 0.3) is 0 Å². The van der Waals surface area contributed by atoms with E-state index < -0.39 is 0 Å². The van der Waals surface area contributed by atoms with Crippen molar-refractivity contribution in [3.05, 3.63) is 58.7 Å². The second kappa shape index (κ2) is 6.59. The molecule has 0 radical (unpaired) electrons. The lowest BCUT2D eigenvalue weighted by atomic mass is 9.63. The van der Waals surface area contributed by atoms with E-state index in [2.05, 4.69) is 35.0 Å². The van der Waals surface area contributed by atoms with Crippen LogP contribution >= 0.6 is 11.6 Å². The van der Waals surface area contributed by atoms with Crippen LogP contribution in [0.2, 0.25) is 11.3 Å². The van der Waals surface area contributed by atoms with Crippen LogP contribution in [0.3, 0.4) is 0 Å². The number of hydrogen-bond donors (Lipinski definition) is 1. The number of fused-ring (bicyclic) bond motifs is 2. The number of unbranched alkanes of at least 4 members (excludes halogenated alkanes) is 1. The van der Waals surface area contributed by atoms with Gasteiger partial charge in [-0.1, -0.05) is 23.2 Å². The molecule has 0 fully saturated rings. The second-order valence-electron chi connectivity index (χ2n) is 6.64. The minimum Gasteiger partial charge on any atom is -0.446 e. The summed E-state index contributed by atoms with van der Waals surface area (Å²) in [7, 11) is 0. The van der Waals surface area contributed by atoms with E-state index in [0.717, 1.165) is 52.7 Å². The fourth-order valence-electron chi connectivity index (χ4n) is 3.76. The standard InChI is InChI=1S/C20H18BClN2O/c22-16-5-7-20-18(11-16)15(3-1-2-10-23)13-24(20)17-6-4-14-8-9-21(25)19(14)12-17/h4-7,11-13,25H,1-3,8-9H2. The van der Waals surface area contributed by atoms with Gasteiger partial charge in [-0.05, 0) is 66.9 Å². The summed E-state index contributed by atoms with van der Waals surface area (Å²) in [5.74, 6) is 0. The van der Waals surface area contributed by atoms with Crippen molar-refractivity contribution in [1.29, 1.82) is 5.26 Å². The van der Waals surface area contributed by atoms with Crippen molar-refractivity contribution >= 4 is 34.9 Å². The van der Waals surface area contributed by atoms with E-state index in [4.69, 9.17) is 16.9 Å². The zero-order chi connectivity index (χ0) is 17.4. The number of benzene rings is 2. The number of aromatic nitrogens is 1. The van der Waals surface area contributed by atoms with Gasteiger partial charge in [-0.3, -0.25) is 0 Å². The van der Waals surface area contributed by atoms with Gasteiger partial charge >= 0.3 is 6.92 Å². The SMILES string of the molecule is N#CCCCc1cn(-c2ccc3c(c2)B(O)CC3)c2ccc(Cl)cc12. The Morgan fingerprint density at radius 3 is 2.96 bits per heavy atom. The molecule has 0 saturated heterocycles. The van der Waals surface area contributed by atoms with Gasteiger partial charge in [-0.2, -0.15) is 5.26 Å². The van der Waals surface area contributed by atoms with E-state index in [1.165, 1.54) is 11.1 Å². The quantitative estimate of drug-likeness (QED) is 0.574. The molecule has 3 nitrogen and oxygen atoms in total. The number of nitrogens with zero attached hydrogens (tertiary/aromatic N) is 2. The molecule has 0 unspecified atom stereocenters. The molecule has 0 saturated carbocycles. The van der Waals surface area contributed by atoms with Crippen LogP contribution in [-0.2, 0) is 12.8 Å². The van der Waals surface area contributed by atoms with Crippen LogP contribution in [0.25, 0.3) is 16.6 Å². The van der Waals surface area contributed by atoms with Gasteiger partial charge in [0.15, 0.2) is 0 Å². The van der Waals surface area contributed by atoms with Crippen LogP contribution in [-0.4, -0.2) is 16.5 Å². The molecule has 1 aliphatic rings. The minimum atomic E-state index is -0.360. The summed E-state index contributed by atoms with van der Waals surface area (Å²) >= 11 is 6.21. The number of hydrogen-bond acceptors (Lipinski definition) is 2. The Bertz CT molecular complexity index is 989. The van der Waals surface area contributed by atoms with E-state index in [1.807, 2.05) is 18.2 Å². The van der Waals surface area contributed by atoms with Crippen molar-refractivity contribution in [3.63, 3.8) is 0 Å². The fourth-order valence-corrected chi connectivity index (χ4v) is 3.93. The lowest BCUT2D eigenvalue weighted by Gasteiger charge is -2.09. The predicted molar refractivity (Wildman–Crippen MR) is 103 cm³/mol. The maximum absolute atomic E-state index is 10.2. The molecular formula is C20H18BClN2O. The number of nitriles is 1. The Labute approximate surface area is 152 Å². The Morgan fingerprint density at radius 2 is 2.12 bits per heavy atom. The summed E-state index contributed by atoms with van der Waals surface area (Å²) in [6.07, 6.45) is 6.13. The second-order valence-corrected chi connectivity index (χ2v) is 7.07. The molecule has 0 aliphatic carbocycles. The van der Waals surface area contributed by atoms with Crippen molar-refractivity contribution in [2.45, 2.75) is 32.0 Å². The summed E-state index contributed by atoms with van der Waals surface area (Å²) in [6, 6.07) is 14.5. The Kier molecular flexibility index (Phi) is 4.29. The van der Waals surface area contributed by atoms with Crippen LogP contribution in [0.15, 0.2) is 42.6 Å².